The Morgan fingerprint density at radius 2 is 2.00 bits per heavy atom. The largest absolute Gasteiger partial charge is 0.397 e. The van der Waals surface area contributed by atoms with E-state index in [0.29, 0.717) is 27.3 Å². The van der Waals surface area contributed by atoms with Gasteiger partial charge < -0.3 is 10.7 Å². The molecule has 0 fully saturated rings. The van der Waals surface area contributed by atoms with Crippen LogP contribution in [0.5, 0.6) is 0 Å². The predicted molar refractivity (Wildman–Crippen MR) is 73.8 cm³/mol. The third-order valence-electron chi connectivity index (χ3n) is 2.56. The van der Waals surface area contributed by atoms with Gasteiger partial charge in [-0.2, -0.15) is 0 Å². The zero-order valence-corrected chi connectivity index (χ0v) is 10.6. The van der Waals surface area contributed by atoms with Crippen LogP contribution in [0.2, 0.25) is 10.2 Å². The van der Waals surface area contributed by atoms with Gasteiger partial charge >= 0.3 is 0 Å². The number of nitrogens with zero attached hydrogens (tertiary/aromatic N) is 2. The van der Waals surface area contributed by atoms with Gasteiger partial charge in [0.05, 0.1) is 28.5 Å². The van der Waals surface area contributed by atoms with Crippen molar-refractivity contribution >= 4 is 39.9 Å². The van der Waals surface area contributed by atoms with Crippen LogP contribution >= 0.6 is 23.2 Å². The number of hydrogen-bond donors (Lipinski definition) is 2. The molecule has 1 aromatic carbocycles. The van der Waals surface area contributed by atoms with E-state index < -0.39 is 0 Å². The maximum atomic E-state index is 6.04. The molecule has 0 unspecified atom stereocenters. The number of nitrogens with one attached hydrogen (secondary N) is 1. The Hall–Kier alpha value is -1.78. The highest BCUT2D eigenvalue weighted by Gasteiger charge is 2.10. The van der Waals surface area contributed by atoms with Gasteiger partial charge in [-0.1, -0.05) is 23.2 Å². The van der Waals surface area contributed by atoms with Gasteiger partial charge in [0.2, 0.25) is 0 Å². The summed E-state index contributed by atoms with van der Waals surface area (Å²) >= 11 is 12.0. The molecule has 3 aromatic rings. The first-order valence-corrected chi connectivity index (χ1v) is 5.96. The Morgan fingerprint density at radius 3 is 2.83 bits per heavy atom. The van der Waals surface area contributed by atoms with Crippen molar-refractivity contribution in [3.8, 4) is 11.4 Å². The lowest BCUT2D eigenvalue weighted by Crippen LogP contribution is -1.90. The van der Waals surface area contributed by atoms with E-state index in [2.05, 4.69) is 15.0 Å². The van der Waals surface area contributed by atoms with Crippen LogP contribution in [0, 0.1) is 0 Å². The number of benzene rings is 1. The van der Waals surface area contributed by atoms with E-state index in [1.54, 1.807) is 18.2 Å². The molecule has 0 bridgehead atoms. The van der Waals surface area contributed by atoms with E-state index in [9.17, 15) is 0 Å². The number of fused-ring (bicyclic) bond motifs is 1. The highest BCUT2D eigenvalue weighted by atomic mass is 35.5. The number of imidazole rings is 1. The summed E-state index contributed by atoms with van der Waals surface area (Å²) in [5.74, 6) is 0.622. The van der Waals surface area contributed by atoms with Crippen LogP contribution in [0.3, 0.4) is 0 Å². The lowest BCUT2D eigenvalue weighted by Gasteiger charge is -2.00. The topological polar surface area (TPSA) is 67.6 Å². The number of aromatic nitrogens is 3. The Balaban J connectivity index is 2.22. The number of nitrogen functional groups attached to an aromatic ring is 1. The highest BCUT2D eigenvalue weighted by molar-refractivity contribution is 6.32. The van der Waals surface area contributed by atoms with Crippen LogP contribution < -0.4 is 5.73 Å². The minimum absolute atomic E-state index is 0.356. The summed E-state index contributed by atoms with van der Waals surface area (Å²) in [4.78, 5) is 11.6. The molecule has 0 aliphatic rings. The molecule has 18 heavy (non-hydrogen) atoms. The van der Waals surface area contributed by atoms with Crippen molar-refractivity contribution in [2.24, 2.45) is 0 Å². The van der Waals surface area contributed by atoms with E-state index in [1.807, 2.05) is 6.07 Å². The van der Waals surface area contributed by atoms with Gasteiger partial charge in [0, 0.05) is 5.02 Å². The molecule has 4 nitrogen and oxygen atoms in total. The third kappa shape index (κ3) is 1.89. The number of nitrogens with two attached hydrogens (primary N) is 1. The molecule has 3 N–H and O–H groups in total. The first-order chi connectivity index (χ1) is 8.63. The maximum Gasteiger partial charge on any atom is 0.141 e. The number of halogens is 2. The van der Waals surface area contributed by atoms with Gasteiger partial charge in [-0.25, -0.2) is 9.97 Å². The monoisotopic (exact) mass is 278 g/mol. The van der Waals surface area contributed by atoms with Crippen molar-refractivity contribution in [2.75, 3.05) is 5.73 Å². The molecule has 6 heteroatoms. The number of rotatable bonds is 1. The lowest BCUT2D eigenvalue weighted by atomic mass is 10.2. The molecule has 0 spiro atoms. The van der Waals surface area contributed by atoms with Crippen molar-refractivity contribution in [1.29, 1.82) is 0 Å². The fraction of sp³-hybridized carbons (Fsp3) is 0. The molecule has 0 atom stereocenters. The molecular formula is C12H8Cl2N4. The molecule has 2 aromatic heterocycles. The van der Waals surface area contributed by atoms with E-state index >= 15 is 0 Å². The average molecular weight is 279 g/mol. The number of hydrogen-bond acceptors (Lipinski definition) is 3. The summed E-state index contributed by atoms with van der Waals surface area (Å²) in [6.07, 6.45) is 1.51. The smallest absolute Gasteiger partial charge is 0.141 e. The molecule has 0 aliphatic heterocycles. The van der Waals surface area contributed by atoms with Crippen molar-refractivity contribution < 1.29 is 0 Å². The number of pyridine rings is 1. The molecule has 0 saturated carbocycles. The van der Waals surface area contributed by atoms with Gasteiger partial charge in [-0.15, -0.1) is 0 Å². The highest BCUT2D eigenvalue weighted by Crippen LogP contribution is 2.28. The fourth-order valence-corrected chi connectivity index (χ4v) is 2.10. The molecule has 0 aliphatic carbocycles. The standard InChI is InChI=1S/C12H8Cl2N4/c13-6-1-2-9-10(3-6)18-12(17-9)8-4-7(15)5-16-11(8)14/h1-5H,15H2,(H,17,18). The molecular weight excluding hydrogens is 271 g/mol. The quantitative estimate of drug-likeness (QED) is 0.670. The van der Waals surface area contributed by atoms with Crippen LogP contribution in [0.4, 0.5) is 5.69 Å². The number of anilines is 1. The summed E-state index contributed by atoms with van der Waals surface area (Å²) in [5.41, 5.74) is 8.56. The molecule has 3 rings (SSSR count). The minimum Gasteiger partial charge on any atom is -0.397 e. The first kappa shape index (κ1) is 11.3. The number of H-pyrrole nitrogens is 1. The zero-order valence-electron chi connectivity index (χ0n) is 9.11. The lowest BCUT2D eigenvalue weighted by molar-refractivity contribution is 1.28. The van der Waals surface area contributed by atoms with Crippen LogP contribution in [-0.2, 0) is 0 Å². The number of aromatic amines is 1. The second-order valence-corrected chi connectivity index (χ2v) is 4.65. The zero-order chi connectivity index (χ0) is 12.7. The third-order valence-corrected chi connectivity index (χ3v) is 3.10. The normalized spacial score (nSPS) is 11.0. The Morgan fingerprint density at radius 1 is 1.17 bits per heavy atom. The Labute approximate surface area is 113 Å². The molecule has 90 valence electrons. The van der Waals surface area contributed by atoms with Crippen LogP contribution in [0.1, 0.15) is 0 Å². The molecule has 2 heterocycles. The van der Waals surface area contributed by atoms with Crippen LogP contribution in [0.25, 0.3) is 22.4 Å². The Kier molecular flexibility index (Phi) is 2.61. The first-order valence-electron chi connectivity index (χ1n) is 5.20. The Bertz CT molecular complexity index is 736. The fourth-order valence-electron chi connectivity index (χ4n) is 1.74. The summed E-state index contributed by atoms with van der Waals surface area (Å²) in [7, 11) is 0. The minimum atomic E-state index is 0.356. The predicted octanol–water partition coefficient (Wildman–Crippen LogP) is 3.51. The van der Waals surface area contributed by atoms with Crippen molar-refractivity contribution in [2.45, 2.75) is 0 Å². The maximum absolute atomic E-state index is 6.04. The van der Waals surface area contributed by atoms with Crippen molar-refractivity contribution in [3.63, 3.8) is 0 Å². The van der Waals surface area contributed by atoms with E-state index in [0.717, 1.165) is 11.0 Å². The van der Waals surface area contributed by atoms with Gasteiger partial charge in [-0.3, -0.25) is 0 Å². The van der Waals surface area contributed by atoms with E-state index in [1.165, 1.54) is 6.20 Å². The van der Waals surface area contributed by atoms with Gasteiger partial charge in [0.1, 0.15) is 11.0 Å². The average Bonchev–Trinajstić information content (AvgIpc) is 2.74. The second kappa shape index (κ2) is 4.15. The molecule has 0 radical (unpaired) electrons. The van der Waals surface area contributed by atoms with Crippen LogP contribution in [-0.4, -0.2) is 15.0 Å². The second-order valence-electron chi connectivity index (χ2n) is 3.85. The summed E-state index contributed by atoms with van der Waals surface area (Å²) in [6.45, 7) is 0. The van der Waals surface area contributed by atoms with Crippen molar-refractivity contribution in [1.82, 2.24) is 15.0 Å². The summed E-state index contributed by atoms with van der Waals surface area (Å²) < 4.78 is 0. The van der Waals surface area contributed by atoms with Gasteiger partial charge in [0.25, 0.3) is 0 Å². The summed E-state index contributed by atoms with van der Waals surface area (Å²) in [5, 5.41) is 1.00. The summed E-state index contributed by atoms with van der Waals surface area (Å²) in [6, 6.07) is 7.16. The van der Waals surface area contributed by atoms with Crippen LogP contribution in [0.15, 0.2) is 30.5 Å². The van der Waals surface area contributed by atoms with Crippen molar-refractivity contribution in [3.05, 3.63) is 40.6 Å². The molecule has 0 saturated heterocycles. The van der Waals surface area contributed by atoms with E-state index in [4.69, 9.17) is 28.9 Å². The SMILES string of the molecule is Nc1cnc(Cl)c(-c2nc3ccc(Cl)cc3[nH]2)c1. The van der Waals surface area contributed by atoms with Gasteiger partial charge in [-0.05, 0) is 24.3 Å². The van der Waals surface area contributed by atoms with Gasteiger partial charge in [0.15, 0.2) is 0 Å². The van der Waals surface area contributed by atoms with E-state index in [-0.39, 0.29) is 0 Å². The molecule has 0 amide bonds.